The van der Waals surface area contributed by atoms with Crippen molar-refractivity contribution in [1.29, 1.82) is 0 Å². The normalized spacial score (nSPS) is 22.9. The lowest BCUT2D eigenvalue weighted by Gasteiger charge is -2.37. The van der Waals surface area contributed by atoms with Crippen molar-refractivity contribution in [3.8, 4) is 0 Å². The molecule has 0 radical (unpaired) electrons. The Morgan fingerprint density at radius 1 is 1.18 bits per heavy atom. The average Bonchev–Trinajstić information content (AvgIpc) is 2.73. The Morgan fingerprint density at radius 2 is 1.89 bits per heavy atom. The predicted molar refractivity (Wildman–Crippen MR) is 110 cm³/mol. The van der Waals surface area contributed by atoms with Crippen molar-refractivity contribution in [3.05, 3.63) is 52.4 Å². The number of ketones is 1. The molecule has 1 N–H and O–H groups in total. The molecule has 1 fully saturated rings. The van der Waals surface area contributed by atoms with E-state index in [-0.39, 0.29) is 17.6 Å². The Morgan fingerprint density at radius 3 is 2.57 bits per heavy atom. The van der Waals surface area contributed by atoms with Crippen LogP contribution in [0.15, 0.2) is 51.7 Å². The number of dihydropyridines is 1. The van der Waals surface area contributed by atoms with Crippen molar-refractivity contribution >= 4 is 23.5 Å². The van der Waals surface area contributed by atoms with Crippen molar-refractivity contribution in [2.75, 3.05) is 32.6 Å². The van der Waals surface area contributed by atoms with Crippen LogP contribution < -0.4 is 5.32 Å². The molecule has 6 heteroatoms. The van der Waals surface area contributed by atoms with Gasteiger partial charge in [0.1, 0.15) is 0 Å². The fourth-order valence-electron chi connectivity index (χ4n) is 4.33. The lowest BCUT2D eigenvalue weighted by molar-refractivity contribution is -0.131. The number of hydrogen-bond donors (Lipinski definition) is 1. The molecule has 0 saturated carbocycles. The molecule has 148 valence electrons. The number of nitrogens with one attached hydrogen (secondary N) is 1. The zero-order valence-electron chi connectivity index (χ0n) is 16.4. The predicted octanol–water partition coefficient (Wildman–Crippen LogP) is 3.24. The number of allylic oxidation sites excluding steroid dienone is 3. The summed E-state index contributed by atoms with van der Waals surface area (Å²) >= 11 is 1.69. The summed E-state index contributed by atoms with van der Waals surface area (Å²) in [5.74, 6) is -0.125. The highest BCUT2D eigenvalue weighted by Crippen LogP contribution is 2.43. The van der Waals surface area contributed by atoms with Crippen LogP contribution in [0.25, 0.3) is 0 Å². The summed E-state index contributed by atoms with van der Waals surface area (Å²) in [6.45, 7) is 4.26. The molecule has 28 heavy (non-hydrogen) atoms. The zero-order valence-corrected chi connectivity index (χ0v) is 17.2. The van der Waals surface area contributed by atoms with Gasteiger partial charge < -0.3 is 15.0 Å². The lowest BCUT2D eigenvalue weighted by Crippen LogP contribution is -2.44. The molecule has 0 spiro atoms. The number of ether oxygens (including phenoxy) is 1. The quantitative estimate of drug-likeness (QED) is 0.792. The first-order valence-corrected chi connectivity index (χ1v) is 11.1. The SMILES string of the molecule is CSc1ccc(C2C(C(=O)N3CCOCC3)=C(C)NC3=C2C(=O)CCC3)cc1. The zero-order chi connectivity index (χ0) is 19.7. The van der Waals surface area contributed by atoms with E-state index in [1.54, 1.807) is 11.8 Å². The maximum atomic E-state index is 13.5. The number of carbonyl (C=O) groups excluding carboxylic acids is 2. The smallest absolute Gasteiger partial charge is 0.252 e. The van der Waals surface area contributed by atoms with Gasteiger partial charge in [-0.25, -0.2) is 0 Å². The number of thioether (sulfide) groups is 1. The number of hydrogen-bond acceptors (Lipinski definition) is 5. The first-order valence-electron chi connectivity index (χ1n) is 9.85. The van der Waals surface area contributed by atoms with Crippen LogP contribution in [0.1, 0.15) is 37.7 Å². The van der Waals surface area contributed by atoms with Crippen LogP contribution in [-0.2, 0) is 14.3 Å². The van der Waals surface area contributed by atoms with Crippen molar-refractivity contribution in [1.82, 2.24) is 10.2 Å². The maximum Gasteiger partial charge on any atom is 0.252 e. The van der Waals surface area contributed by atoms with E-state index in [1.165, 1.54) is 4.90 Å². The first kappa shape index (κ1) is 19.3. The Labute approximate surface area is 170 Å². The van der Waals surface area contributed by atoms with E-state index in [1.807, 2.05) is 18.1 Å². The molecular formula is C22H26N2O3S. The Kier molecular flexibility index (Phi) is 5.60. The Bertz CT molecular complexity index is 851. The van der Waals surface area contributed by atoms with Crippen LogP contribution in [0.2, 0.25) is 0 Å². The monoisotopic (exact) mass is 398 g/mol. The third-order valence-corrected chi connectivity index (χ3v) is 6.50. The Balaban J connectivity index is 1.79. The maximum absolute atomic E-state index is 13.5. The number of nitrogens with zero attached hydrogens (tertiary/aromatic N) is 1. The summed E-state index contributed by atoms with van der Waals surface area (Å²) in [5.41, 5.74) is 4.35. The van der Waals surface area contributed by atoms with Crippen LogP contribution in [0.3, 0.4) is 0 Å². The lowest BCUT2D eigenvalue weighted by atomic mass is 9.75. The van der Waals surface area contributed by atoms with E-state index in [9.17, 15) is 9.59 Å². The van der Waals surface area contributed by atoms with Gasteiger partial charge in [0.15, 0.2) is 5.78 Å². The molecule has 1 aromatic carbocycles. The van der Waals surface area contributed by atoms with Gasteiger partial charge in [0.25, 0.3) is 5.91 Å². The molecule has 0 bridgehead atoms. The summed E-state index contributed by atoms with van der Waals surface area (Å²) < 4.78 is 5.41. The van der Waals surface area contributed by atoms with Gasteiger partial charge in [0, 0.05) is 52.9 Å². The molecule has 1 amide bonds. The number of morpholine rings is 1. The summed E-state index contributed by atoms with van der Waals surface area (Å²) in [7, 11) is 0. The molecule has 4 rings (SSSR count). The van der Waals surface area contributed by atoms with Crippen LogP contribution in [0.4, 0.5) is 0 Å². The van der Waals surface area contributed by atoms with Gasteiger partial charge in [-0.2, -0.15) is 0 Å². The topological polar surface area (TPSA) is 58.6 Å². The molecule has 1 aromatic rings. The van der Waals surface area contributed by atoms with Gasteiger partial charge in [-0.05, 0) is 43.7 Å². The van der Waals surface area contributed by atoms with Gasteiger partial charge in [-0.3, -0.25) is 9.59 Å². The fraction of sp³-hybridized carbons (Fsp3) is 0.455. The molecule has 1 aliphatic carbocycles. The summed E-state index contributed by atoms with van der Waals surface area (Å²) in [4.78, 5) is 29.4. The molecule has 1 saturated heterocycles. The molecule has 1 unspecified atom stereocenters. The summed E-state index contributed by atoms with van der Waals surface area (Å²) in [5, 5.41) is 3.40. The van der Waals surface area contributed by atoms with Crippen LogP contribution in [0.5, 0.6) is 0 Å². The first-order chi connectivity index (χ1) is 13.6. The minimum absolute atomic E-state index is 0.0113. The molecule has 1 atom stereocenters. The minimum atomic E-state index is -0.296. The fourth-order valence-corrected chi connectivity index (χ4v) is 4.74. The number of amides is 1. The van der Waals surface area contributed by atoms with Crippen LogP contribution >= 0.6 is 11.8 Å². The van der Waals surface area contributed by atoms with Gasteiger partial charge >= 0.3 is 0 Å². The number of Topliss-reactive ketones (excluding diaryl/α,β-unsaturated/α-hetero) is 1. The Hall–Kier alpha value is -2.05. The second kappa shape index (κ2) is 8.13. The van der Waals surface area contributed by atoms with E-state index in [4.69, 9.17) is 4.74 Å². The average molecular weight is 399 g/mol. The molecule has 5 nitrogen and oxygen atoms in total. The third-order valence-electron chi connectivity index (χ3n) is 5.75. The van der Waals surface area contributed by atoms with Gasteiger partial charge in [0.05, 0.1) is 13.2 Å². The second-order valence-corrected chi connectivity index (χ2v) is 8.32. The molecule has 2 aliphatic heterocycles. The molecular weight excluding hydrogens is 372 g/mol. The molecule has 3 aliphatic rings. The van der Waals surface area contributed by atoms with E-state index < -0.39 is 0 Å². The summed E-state index contributed by atoms with van der Waals surface area (Å²) in [6, 6.07) is 8.27. The van der Waals surface area contributed by atoms with Crippen molar-refractivity contribution in [2.24, 2.45) is 0 Å². The van der Waals surface area contributed by atoms with Gasteiger partial charge in [0.2, 0.25) is 0 Å². The number of rotatable bonds is 3. The minimum Gasteiger partial charge on any atom is -0.378 e. The highest BCUT2D eigenvalue weighted by atomic mass is 32.2. The standard InChI is InChI=1S/C22H26N2O3S/c1-14-19(22(26)24-10-12-27-13-11-24)20(15-6-8-16(28-2)9-7-15)21-17(23-14)4-3-5-18(21)25/h6-9,20,23H,3-5,10-13H2,1-2H3. The molecule has 2 heterocycles. The third kappa shape index (κ3) is 3.51. The molecule has 0 aromatic heterocycles. The highest BCUT2D eigenvalue weighted by molar-refractivity contribution is 7.98. The summed E-state index contributed by atoms with van der Waals surface area (Å²) in [6.07, 6.45) is 4.32. The largest absolute Gasteiger partial charge is 0.378 e. The van der Waals surface area contributed by atoms with Crippen molar-refractivity contribution < 1.29 is 14.3 Å². The number of benzene rings is 1. The van der Waals surface area contributed by atoms with E-state index in [0.29, 0.717) is 38.3 Å². The van der Waals surface area contributed by atoms with Crippen LogP contribution in [-0.4, -0.2) is 49.1 Å². The van der Waals surface area contributed by atoms with E-state index >= 15 is 0 Å². The van der Waals surface area contributed by atoms with Gasteiger partial charge in [-0.1, -0.05) is 12.1 Å². The van der Waals surface area contributed by atoms with Crippen molar-refractivity contribution in [3.63, 3.8) is 0 Å². The van der Waals surface area contributed by atoms with Crippen molar-refractivity contribution in [2.45, 2.75) is 37.0 Å². The van der Waals surface area contributed by atoms with Gasteiger partial charge in [-0.15, -0.1) is 11.8 Å². The number of carbonyl (C=O) groups is 2. The highest BCUT2D eigenvalue weighted by Gasteiger charge is 2.39. The van der Waals surface area contributed by atoms with E-state index in [0.717, 1.165) is 35.4 Å². The van der Waals surface area contributed by atoms with E-state index in [2.05, 4.69) is 29.6 Å². The second-order valence-electron chi connectivity index (χ2n) is 7.44. The van der Waals surface area contributed by atoms with Crippen LogP contribution in [0, 0.1) is 0 Å².